The molecule has 0 radical (unpaired) electrons. The Hall–Kier alpha value is -0.430. The highest BCUT2D eigenvalue weighted by molar-refractivity contribution is 7.89. The second-order valence-corrected chi connectivity index (χ2v) is 7.64. The van der Waals surface area contributed by atoms with Crippen molar-refractivity contribution >= 4 is 21.4 Å². The fourth-order valence-corrected chi connectivity index (χ4v) is 5.07. The number of rotatable bonds is 5. The van der Waals surface area contributed by atoms with Gasteiger partial charge in [0, 0.05) is 29.9 Å². The standard InChI is InChI=1S/C12H20N2O2S2/c1-3-10-4-5-14(8-10)18(15,16)12-6-11(7-13-2)17-9-12/h6,9-10,13H,3-5,7-8H2,1-2H3. The van der Waals surface area contributed by atoms with Crippen molar-refractivity contribution in [2.45, 2.75) is 31.2 Å². The highest BCUT2D eigenvalue weighted by Crippen LogP contribution is 2.28. The maximum Gasteiger partial charge on any atom is 0.243 e. The number of nitrogens with zero attached hydrogens (tertiary/aromatic N) is 1. The molecule has 1 aliphatic heterocycles. The second-order valence-electron chi connectivity index (χ2n) is 4.71. The third-order valence-electron chi connectivity index (χ3n) is 3.44. The van der Waals surface area contributed by atoms with Gasteiger partial charge in [-0.2, -0.15) is 4.31 Å². The molecule has 0 aliphatic carbocycles. The largest absolute Gasteiger partial charge is 0.315 e. The first-order valence-electron chi connectivity index (χ1n) is 6.30. The molecular formula is C12H20N2O2S2. The molecule has 4 nitrogen and oxygen atoms in total. The van der Waals surface area contributed by atoms with Gasteiger partial charge < -0.3 is 5.32 Å². The quantitative estimate of drug-likeness (QED) is 0.900. The van der Waals surface area contributed by atoms with Crippen LogP contribution in [0.5, 0.6) is 0 Å². The van der Waals surface area contributed by atoms with E-state index in [2.05, 4.69) is 12.2 Å². The average molecular weight is 288 g/mol. The maximum atomic E-state index is 12.4. The van der Waals surface area contributed by atoms with Crippen LogP contribution in [-0.2, 0) is 16.6 Å². The predicted octanol–water partition coefficient (Wildman–Crippen LogP) is 1.89. The molecule has 0 amide bonds. The van der Waals surface area contributed by atoms with Crippen LogP contribution in [0.1, 0.15) is 24.6 Å². The number of nitrogens with one attached hydrogen (secondary N) is 1. The van der Waals surface area contributed by atoms with Crippen LogP contribution < -0.4 is 5.32 Å². The van der Waals surface area contributed by atoms with Gasteiger partial charge in [-0.1, -0.05) is 13.3 Å². The number of thiophene rings is 1. The summed E-state index contributed by atoms with van der Waals surface area (Å²) in [6.07, 6.45) is 2.05. The third-order valence-corrected chi connectivity index (χ3v) is 6.37. The first kappa shape index (κ1) is 14.0. The first-order chi connectivity index (χ1) is 8.57. The number of sulfonamides is 1. The van der Waals surface area contributed by atoms with Gasteiger partial charge in [-0.3, -0.25) is 0 Å². The summed E-state index contributed by atoms with van der Waals surface area (Å²) in [5.74, 6) is 0.523. The predicted molar refractivity (Wildman–Crippen MR) is 74.2 cm³/mol. The molecule has 0 saturated carbocycles. The minimum Gasteiger partial charge on any atom is -0.315 e. The van der Waals surface area contributed by atoms with Crippen LogP contribution >= 0.6 is 11.3 Å². The van der Waals surface area contributed by atoms with Crippen LogP contribution in [0.25, 0.3) is 0 Å². The highest BCUT2D eigenvalue weighted by atomic mass is 32.2. The van der Waals surface area contributed by atoms with E-state index in [-0.39, 0.29) is 0 Å². The van der Waals surface area contributed by atoms with Gasteiger partial charge in [0.05, 0.1) is 4.90 Å². The molecule has 0 bridgehead atoms. The van der Waals surface area contributed by atoms with Crippen molar-refractivity contribution in [3.8, 4) is 0 Å². The van der Waals surface area contributed by atoms with Crippen molar-refractivity contribution in [2.24, 2.45) is 5.92 Å². The molecule has 1 atom stereocenters. The van der Waals surface area contributed by atoms with E-state index in [0.29, 0.717) is 23.9 Å². The summed E-state index contributed by atoms with van der Waals surface area (Å²) < 4.78 is 26.5. The lowest BCUT2D eigenvalue weighted by molar-refractivity contribution is 0.453. The van der Waals surface area contributed by atoms with Gasteiger partial charge in [-0.05, 0) is 25.5 Å². The van der Waals surface area contributed by atoms with E-state index in [1.165, 1.54) is 11.3 Å². The SMILES string of the molecule is CCC1CCN(S(=O)(=O)c2csc(CNC)c2)C1. The molecule has 0 aromatic carbocycles. The lowest BCUT2D eigenvalue weighted by atomic mass is 10.1. The Kier molecular flexibility index (Phi) is 4.42. The van der Waals surface area contributed by atoms with Gasteiger partial charge in [-0.15, -0.1) is 11.3 Å². The highest BCUT2D eigenvalue weighted by Gasteiger charge is 2.32. The Bertz CT molecular complexity index is 496. The fourth-order valence-electron chi connectivity index (χ4n) is 2.26. The molecule has 18 heavy (non-hydrogen) atoms. The van der Waals surface area contributed by atoms with E-state index in [9.17, 15) is 8.42 Å². The summed E-state index contributed by atoms with van der Waals surface area (Å²) in [5.41, 5.74) is 0. The monoisotopic (exact) mass is 288 g/mol. The molecule has 6 heteroatoms. The van der Waals surface area contributed by atoms with Crippen molar-refractivity contribution < 1.29 is 8.42 Å². The van der Waals surface area contributed by atoms with Gasteiger partial charge in [-0.25, -0.2) is 8.42 Å². The van der Waals surface area contributed by atoms with Crippen LogP contribution in [0.2, 0.25) is 0 Å². The Morgan fingerprint density at radius 2 is 2.33 bits per heavy atom. The van der Waals surface area contributed by atoms with Crippen LogP contribution in [0.4, 0.5) is 0 Å². The van der Waals surface area contributed by atoms with E-state index in [4.69, 9.17) is 0 Å². The lowest BCUT2D eigenvalue weighted by Gasteiger charge is -2.15. The molecule has 1 aromatic heterocycles. The number of hydrogen-bond acceptors (Lipinski definition) is 4. The van der Waals surface area contributed by atoms with E-state index in [0.717, 1.165) is 24.3 Å². The molecule has 1 aromatic rings. The fraction of sp³-hybridized carbons (Fsp3) is 0.667. The summed E-state index contributed by atoms with van der Waals surface area (Å²) in [5, 5.41) is 4.79. The lowest BCUT2D eigenvalue weighted by Crippen LogP contribution is -2.28. The molecule has 1 N–H and O–H groups in total. The first-order valence-corrected chi connectivity index (χ1v) is 8.62. The van der Waals surface area contributed by atoms with Gasteiger partial charge >= 0.3 is 0 Å². The zero-order valence-corrected chi connectivity index (χ0v) is 12.5. The Morgan fingerprint density at radius 1 is 1.56 bits per heavy atom. The molecule has 102 valence electrons. The molecule has 2 heterocycles. The molecular weight excluding hydrogens is 268 g/mol. The smallest absolute Gasteiger partial charge is 0.243 e. The van der Waals surface area contributed by atoms with E-state index in [1.807, 2.05) is 7.05 Å². The minimum absolute atomic E-state index is 0.453. The number of hydrogen-bond donors (Lipinski definition) is 1. The van der Waals surface area contributed by atoms with Gasteiger partial charge in [0.15, 0.2) is 0 Å². The van der Waals surface area contributed by atoms with Crippen molar-refractivity contribution in [1.29, 1.82) is 0 Å². The Balaban J connectivity index is 2.15. The zero-order valence-electron chi connectivity index (χ0n) is 10.8. The zero-order chi connectivity index (χ0) is 13.2. The summed E-state index contributed by atoms with van der Waals surface area (Å²) in [4.78, 5) is 1.51. The van der Waals surface area contributed by atoms with Gasteiger partial charge in [0.1, 0.15) is 0 Å². The van der Waals surface area contributed by atoms with Crippen LogP contribution in [-0.4, -0.2) is 32.9 Å². The van der Waals surface area contributed by atoms with Gasteiger partial charge in [0.25, 0.3) is 0 Å². The van der Waals surface area contributed by atoms with E-state index >= 15 is 0 Å². The molecule has 1 saturated heterocycles. The van der Waals surface area contributed by atoms with Gasteiger partial charge in [0.2, 0.25) is 10.0 Å². The minimum atomic E-state index is -3.26. The molecule has 1 fully saturated rings. The van der Waals surface area contributed by atoms with Crippen LogP contribution in [0.15, 0.2) is 16.3 Å². The van der Waals surface area contributed by atoms with E-state index in [1.54, 1.807) is 15.8 Å². The topological polar surface area (TPSA) is 49.4 Å². The Labute approximate surface area is 113 Å². The molecule has 1 aliphatic rings. The summed E-state index contributed by atoms with van der Waals surface area (Å²) >= 11 is 1.50. The maximum absolute atomic E-state index is 12.4. The molecule has 0 spiro atoms. The van der Waals surface area contributed by atoms with Crippen molar-refractivity contribution in [3.05, 3.63) is 16.3 Å². The van der Waals surface area contributed by atoms with Crippen molar-refractivity contribution in [3.63, 3.8) is 0 Å². The molecule has 1 unspecified atom stereocenters. The Morgan fingerprint density at radius 3 is 2.94 bits per heavy atom. The van der Waals surface area contributed by atoms with Crippen LogP contribution in [0.3, 0.4) is 0 Å². The second kappa shape index (κ2) is 5.69. The van der Waals surface area contributed by atoms with Crippen molar-refractivity contribution in [1.82, 2.24) is 9.62 Å². The summed E-state index contributed by atoms with van der Waals surface area (Å²) in [6.45, 7) is 4.18. The molecule has 2 rings (SSSR count). The van der Waals surface area contributed by atoms with E-state index < -0.39 is 10.0 Å². The van der Waals surface area contributed by atoms with Crippen LogP contribution in [0, 0.1) is 5.92 Å². The summed E-state index contributed by atoms with van der Waals surface area (Å²) in [6, 6.07) is 1.79. The summed E-state index contributed by atoms with van der Waals surface area (Å²) in [7, 11) is -1.40. The average Bonchev–Trinajstić information content (AvgIpc) is 2.98. The third kappa shape index (κ3) is 2.77. The van der Waals surface area contributed by atoms with Crippen molar-refractivity contribution in [2.75, 3.05) is 20.1 Å². The normalized spacial score (nSPS) is 21.6.